The first-order valence-corrected chi connectivity index (χ1v) is 19.1. The average Bonchev–Trinajstić information content (AvgIpc) is 3.07. The molecule has 0 aliphatic rings. The number of nitrogens with two attached hydrogens (primary N) is 2. The van der Waals surface area contributed by atoms with Gasteiger partial charge < -0.3 is 53.6 Å². The van der Waals surface area contributed by atoms with E-state index in [9.17, 15) is 43.5 Å². The van der Waals surface area contributed by atoms with Crippen molar-refractivity contribution in [2.45, 2.75) is 95.0 Å². The Morgan fingerprint density at radius 2 is 1.22 bits per heavy atom. The summed E-state index contributed by atoms with van der Waals surface area (Å²) < 4.78 is 0. The van der Waals surface area contributed by atoms with E-state index in [0.717, 1.165) is 0 Å². The van der Waals surface area contributed by atoms with E-state index in [4.69, 9.17) is 16.6 Å². The average molecular weight is 783 g/mol. The fourth-order valence-corrected chi connectivity index (χ4v) is 5.29. The van der Waals surface area contributed by atoms with Gasteiger partial charge in [-0.05, 0) is 63.0 Å². The quantitative estimate of drug-likeness (QED) is 0.0306. The molecule has 6 atom stereocenters. The summed E-state index contributed by atoms with van der Waals surface area (Å²) in [5, 5.41) is 33.0. The Kier molecular flexibility index (Phi) is 24.8. The number of nitrogens with one attached hydrogen (secondary N) is 6. The molecule has 18 nitrogen and oxygen atoms in total. The Hall–Kier alpha value is -3.27. The first-order chi connectivity index (χ1) is 24.0. The summed E-state index contributed by atoms with van der Waals surface area (Å²) in [6.07, 6.45) is 2.57. The van der Waals surface area contributed by atoms with E-state index < -0.39 is 96.6 Å². The number of unbranched alkanes of at least 4 members (excludes halogenated alkanes) is 1. The predicted octanol–water partition coefficient (Wildman–Crippen LogP) is -2.41. The van der Waals surface area contributed by atoms with E-state index in [1.54, 1.807) is 6.26 Å². The van der Waals surface area contributed by atoms with E-state index in [1.165, 1.54) is 11.8 Å². The number of carbonyl (C=O) groups excluding carboxylic acids is 6. The molecule has 0 saturated heterocycles. The molecule has 12 N–H and O–H groups in total. The van der Waals surface area contributed by atoms with Gasteiger partial charge in [-0.15, -0.1) is 0 Å². The van der Waals surface area contributed by atoms with E-state index in [-0.39, 0.29) is 43.1 Å². The molecule has 0 fully saturated rings. The van der Waals surface area contributed by atoms with Crippen LogP contribution in [0.3, 0.4) is 0 Å². The van der Waals surface area contributed by atoms with E-state index in [1.807, 2.05) is 13.8 Å². The third kappa shape index (κ3) is 20.4. The van der Waals surface area contributed by atoms with E-state index in [2.05, 4.69) is 57.2 Å². The molecule has 0 bridgehead atoms. The van der Waals surface area contributed by atoms with Crippen molar-refractivity contribution in [3.63, 3.8) is 0 Å². The maximum atomic E-state index is 13.5. The highest BCUT2D eigenvalue weighted by molar-refractivity contribution is 7.98. The molecule has 0 aliphatic heterocycles. The first-order valence-electron chi connectivity index (χ1n) is 16.4. The number of thioether (sulfide) groups is 1. The van der Waals surface area contributed by atoms with Gasteiger partial charge in [-0.1, -0.05) is 13.8 Å². The lowest BCUT2D eigenvalue weighted by Gasteiger charge is -2.27. The number of amides is 6. The van der Waals surface area contributed by atoms with Gasteiger partial charge in [-0.25, -0.2) is 4.79 Å². The first kappa shape index (κ1) is 47.7. The van der Waals surface area contributed by atoms with Crippen LogP contribution in [0.4, 0.5) is 0 Å². The number of aliphatic carboxylic acids is 2. The van der Waals surface area contributed by atoms with Crippen molar-refractivity contribution in [3.05, 3.63) is 0 Å². The van der Waals surface area contributed by atoms with Crippen molar-refractivity contribution in [3.8, 4) is 0 Å². The molecule has 0 spiro atoms. The second-order valence-electron chi connectivity index (χ2n) is 12.0. The number of carboxylic acids is 2. The van der Waals surface area contributed by atoms with Crippen LogP contribution in [0.1, 0.15) is 58.8 Å². The van der Waals surface area contributed by atoms with Crippen molar-refractivity contribution in [1.82, 2.24) is 31.9 Å². The minimum absolute atomic E-state index is 0.0484. The number of thiol groups is 2. The molecular formula is C30H54N8O10S3. The summed E-state index contributed by atoms with van der Waals surface area (Å²) in [7, 11) is 0. The van der Waals surface area contributed by atoms with E-state index >= 15 is 0 Å². The minimum atomic E-state index is -1.43. The zero-order chi connectivity index (χ0) is 39.1. The van der Waals surface area contributed by atoms with Gasteiger partial charge in [0.25, 0.3) is 0 Å². The van der Waals surface area contributed by atoms with Crippen molar-refractivity contribution in [1.29, 1.82) is 0 Å². The monoisotopic (exact) mass is 782 g/mol. The number of carbonyl (C=O) groups is 8. The van der Waals surface area contributed by atoms with Crippen molar-refractivity contribution in [2.75, 3.05) is 36.6 Å². The Morgan fingerprint density at radius 1 is 0.686 bits per heavy atom. The molecule has 0 aromatic rings. The Bertz CT molecular complexity index is 1180. The number of carboxylic acid groups (broad SMARTS) is 2. The fourth-order valence-electron chi connectivity index (χ4n) is 4.41. The van der Waals surface area contributed by atoms with Crippen molar-refractivity contribution < 1.29 is 48.6 Å². The zero-order valence-electron chi connectivity index (χ0n) is 29.1. The predicted molar refractivity (Wildman–Crippen MR) is 198 cm³/mol. The summed E-state index contributed by atoms with van der Waals surface area (Å²) >= 11 is 9.28. The highest BCUT2D eigenvalue weighted by Crippen LogP contribution is 2.10. The summed E-state index contributed by atoms with van der Waals surface area (Å²) in [5.74, 6) is -6.98. The fraction of sp³-hybridized carbons (Fsp3) is 0.733. The van der Waals surface area contributed by atoms with Gasteiger partial charge in [0.15, 0.2) is 0 Å². The highest BCUT2D eigenvalue weighted by atomic mass is 32.2. The topological polar surface area (TPSA) is 301 Å². The molecular weight excluding hydrogens is 729 g/mol. The summed E-state index contributed by atoms with van der Waals surface area (Å²) in [6, 6.07) is -7.04. The van der Waals surface area contributed by atoms with Gasteiger partial charge >= 0.3 is 11.9 Å². The molecule has 0 rings (SSSR count). The van der Waals surface area contributed by atoms with Crippen molar-refractivity contribution >= 4 is 84.4 Å². The second-order valence-corrected chi connectivity index (χ2v) is 13.7. The van der Waals surface area contributed by atoms with Crippen LogP contribution in [0.2, 0.25) is 0 Å². The molecule has 0 unspecified atom stereocenters. The normalized spacial score (nSPS) is 14.5. The Labute approximate surface area is 313 Å². The van der Waals surface area contributed by atoms with Gasteiger partial charge in [0, 0.05) is 17.9 Å². The molecule has 292 valence electrons. The molecule has 0 radical (unpaired) electrons. The number of rotatable bonds is 27. The third-order valence-electron chi connectivity index (χ3n) is 7.22. The van der Waals surface area contributed by atoms with Crippen LogP contribution in [0.5, 0.6) is 0 Å². The largest absolute Gasteiger partial charge is 0.481 e. The Morgan fingerprint density at radius 3 is 1.73 bits per heavy atom. The molecule has 0 aromatic heterocycles. The maximum absolute atomic E-state index is 13.5. The van der Waals surface area contributed by atoms with Gasteiger partial charge in [0.05, 0.1) is 12.6 Å². The lowest BCUT2D eigenvalue weighted by molar-refractivity contribution is -0.142. The summed E-state index contributed by atoms with van der Waals surface area (Å²) in [6.45, 7) is 3.38. The number of hydrogen-bond donors (Lipinski definition) is 12. The maximum Gasteiger partial charge on any atom is 0.327 e. The smallest absolute Gasteiger partial charge is 0.327 e. The molecule has 0 aromatic carbocycles. The number of hydrogen-bond acceptors (Lipinski definition) is 13. The molecule has 0 saturated carbocycles. The highest BCUT2D eigenvalue weighted by Gasteiger charge is 2.31. The van der Waals surface area contributed by atoms with E-state index in [0.29, 0.717) is 25.1 Å². The van der Waals surface area contributed by atoms with Crippen LogP contribution in [0, 0.1) is 5.92 Å². The van der Waals surface area contributed by atoms with Gasteiger partial charge in [0.2, 0.25) is 35.4 Å². The molecule has 6 amide bonds. The molecule has 51 heavy (non-hydrogen) atoms. The molecule has 0 aliphatic carbocycles. The Balaban J connectivity index is 5.80. The van der Waals surface area contributed by atoms with Crippen LogP contribution >= 0.6 is 37.0 Å². The van der Waals surface area contributed by atoms with Gasteiger partial charge in [-0.2, -0.15) is 37.0 Å². The van der Waals surface area contributed by atoms with Crippen LogP contribution < -0.4 is 43.4 Å². The summed E-state index contributed by atoms with van der Waals surface area (Å²) in [5.41, 5.74) is 11.3. The second kappa shape index (κ2) is 26.5. The lowest BCUT2D eigenvalue weighted by atomic mass is 10.0. The SMILES string of the molecule is CSCC[C@H](NC(=O)[C@H](CC(C)C)NC(=O)[C@H](CCCCN)NC(=O)[C@@H](N)CS)C(=O)NCC(=O)N[C@@H](CCC(=O)O)C(=O)N[C@@H](CS)C(=O)O. The van der Waals surface area contributed by atoms with Gasteiger partial charge in [-0.3, -0.25) is 33.6 Å². The standard InChI is InChI=1S/C30H54N8O10S3/c1-16(2)12-21(37-27(44)18(6-4-5-10-31)35-25(42)17(32)14-49)29(46)36-20(9-11-51-3)26(43)33-13-23(39)34-19(7-8-24(40)41)28(45)38-22(15-50)30(47)48/h16-22,49-50H,4-15,31-32H2,1-3H3,(H,33,43)(H,34,39)(H,35,42)(H,36,46)(H,37,44)(H,38,45)(H,40,41)(H,47,48)/t17-,18-,19-,20-,21-,22-/m0/s1. The van der Waals surface area contributed by atoms with Crippen LogP contribution in [-0.2, 0) is 38.4 Å². The molecule has 0 heterocycles. The summed E-state index contributed by atoms with van der Waals surface area (Å²) in [4.78, 5) is 100. The van der Waals surface area contributed by atoms with Gasteiger partial charge in [0.1, 0.15) is 30.2 Å². The third-order valence-corrected chi connectivity index (χ3v) is 8.62. The molecule has 21 heteroatoms. The van der Waals surface area contributed by atoms with Crippen LogP contribution in [0.25, 0.3) is 0 Å². The lowest BCUT2D eigenvalue weighted by Crippen LogP contribution is -2.58. The zero-order valence-corrected chi connectivity index (χ0v) is 31.7. The van der Waals surface area contributed by atoms with Crippen LogP contribution in [-0.4, -0.2) is 130 Å². The minimum Gasteiger partial charge on any atom is -0.481 e. The van der Waals surface area contributed by atoms with Crippen molar-refractivity contribution in [2.24, 2.45) is 17.4 Å². The van der Waals surface area contributed by atoms with Crippen LogP contribution in [0.15, 0.2) is 0 Å².